The highest BCUT2D eigenvalue weighted by Gasteiger charge is 2.25. The molecular formula is C13H17N5OS. The minimum atomic E-state index is -0.114. The van der Waals surface area contributed by atoms with Crippen LogP contribution in [0.15, 0.2) is 17.8 Å². The van der Waals surface area contributed by atoms with Crippen molar-refractivity contribution in [3.8, 4) is 0 Å². The highest BCUT2D eigenvalue weighted by molar-refractivity contribution is 7.09. The van der Waals surface area contributed by atoms with Gasteiger partial charge in [0.25, 0.3) is 0 Å². The Morgan fingerprint density at radius 2 is 2.30 bits per heavy atom. The Hall–Kier alpha value is -1.57. The van der Waals surface area contributed by atoms with Crippen molar-refractivity contribution in [3.63, 3.8) is 0 Å². The van der Waals surface area contributed by atoms with E-state index in [0.717, 1.165) is 36.0 Å². The lowest BCUT2D eigenvalue weighted by Crippen LogP contribution is -2.38. The molecule has 2 aromatic heterocycles. The van der Waals surface area contributed by atoms with Crippen molar-refractivity contribution < 1.29 is 4.74 Å². The van der Waals surface area contributed by atoms with Crippen LogP contribution in [0.2, 0.25) is 0 Å². The van der Waals surface area contributed by atoms with Crippen molar-refractivity contribution in [2.24, 2.45) is 0 Å². The van der Waals surface area contributed by atoms with E-state index in [1.165, 1.54) is 0 Å². The van der Waals surface area contributed by atoms with E-state index >= 15 is 0 Å². The zero-order chi connectivity index (χ0) is 13.9. The number of aryl methyl sites for hydroxylation is 1. The molecule has 2 aromatic rings. The molecule has 2 N–H and O–H groups in total. The second-order valence-electron chi connectivity index (χ2n) is 4.78. The summed E-state index contributed by atoms with van der Waals surface area (Å²) in [6, 6.07) is 0. The number of nitrogens with two attached hydrogens (primary N) is 1. The van der Waals surface area contributed by atoms with Crippen molar-refractivity contribution in [2.45, 2.75) is 19.6 Å². The first-order valence-electron chi connectivity index (χ1n) is 6.53. The Labute approximate surface area is 121 Å². The van der Waals surface area contributed by atoms with E-state index in [0.29, 0.717) is 12.4 Å². The number of nitrogen functional groups attached to an aromatic ring is 1. The van der Waals surface area contributed by atoms with Crippen LogP contribution in [0.25, 0.3) is 0 Å². The molecular weight excluding hydrogens is 274 g/mol. The molecule has 106 valence electrons. The summed E-state index contributed by atoms with van der Waals surface area (Å²) in [5.41, 5.74) is 7.71. The molecule has 1 aliphatic rings. The van der Waals surface area contributed by atoms with E-state index in [1.54, 1.807) is 23.7 Å². The topological polar surface area (TPSA) is 77.2 Å². The number of anilines is 1. The number of nitrogens with zero attached hydrogens (tertiary/aromatic N) is 4. The van der Waals surface area contributed by atoms with Gasteiger partial charge in [-0.25, -0.2) is 9.97 Å². The van der Waals surface area contributed by atoms with E-state index in [9.17, 15) is 0 Å². The largest absolute Gasteiger partial charge is 0.382 e. The van der Waals surface area contributed by atoms with Crippen LogP contribution in [0, 0.1) is 6.92 Å². The first kappa shape index (κ1) is 13.4. The number of hydrogen-bond acceptors (Lipinski definition) is 7. The van der Waals surface area contributed by atoms with Gasteiger partial charge in [0.1, 0.15) is 17.6 Å². The molecule has 0 aromatic carbocycles. The first-order valence-corrected chi connectivity index (χ1v) is 7.41. The zero-order valence-corrected chi connectivity index (χ0v) is 12.1. The molecule has 3 rings (SSSR count). The Kier molecular flexibility index (Phi) is 3.90. The molecule has 20 heavy (non-hydrogen) atoms. The molecule has 6 nitrogen and oxygen atoms in total. The van der Waals surface area contributed by atoms with Gasteiger partial charge in [-0.3, -0.25) is 9.88 Å². The molecule has 0 amide bonds. The van der Waals surface area contributed by atoms with Crippen LogP contribution in [-0.2, 0) is 11.3 Å². The summed E-state index contributed by atoms with van der Waals surface area (Å²) in [6.45, 7) is 5.19. The van der Waals surface area contributed by atoms with Crippen molar-refractivity contribution in [1.82, 2.24) is 19.9 Å². The van der Waals surface area contributed by atoms with Gasteiger partial charge in [-0.15, -0.1) is 11.3 Å². The second-order valence-corrected chi connectivity index (χ2v) is 5.84. The number of thiazole rings is 1. The summed E-state index contributed by atoms with van der Waals surface area (Å²) < 4.78 is 5.78. The highest BCUT2D eigenvalue weighted by Crippen LogP contribution is 2.24. The maximum Gasteiger partial charge on any atom is 0.147 e. The van der Waals surface area contributed by atoms with E-state index in [1.807, 2.05) is 6.92 Å². The lowest BCUT2D eigenvalue weighted by Gasteiger charge is -2.32. The summed E-state index contributed by atoms with van der Waals surface area (Å²) in [5, 5.41) is 3.21. The number of rotatable bonds is 3. The van der Waals surface area contributed by atoms with Gasteiger partial charge in [-0.1, -0.05) is 0 Å². The Morgan fingerprint density at radius 3 is 3.05 bits per heavy atom. The zero-order valence-electron chi connectivity index (χ0n) is 11.3. The summed E-state index contributed by atoms with van der Waals surface area (Å²) in [4.78, 5) is 15.2. The SMILES string of the molecule is Cc1nc(CN2CCOC(c3nccnc3N)C2)cs1. The van der Waals surface area contributed by atoms with Gasteiger partial charge in [0.05, 0.1) is 17.3 Å². The normalized spacial score (nSPS) is 20.1. The number of aromatic nitrogens is 3. The van der Waals surface area contributed by atoms with Crippen molar-refractivity contribution in [2.75, 3.05) is 25.4 Å². The fourth-order valence-electron chi connectivity index (χ4n) is 2.33. The van der Waals surface area contributed by atoms with Crippen LogP contribution in [-0.4, -0.2) is 39.5 Å². The number of morpholine rings is 1. The van der Waals surface area contributed by atoms with Gasteiger partial charge in [0.15, 0.2) is 0 Å². The van der Waals surface area contributed by atoms with Gasteiger partial charge < -0.3 is 10.5 Å². The van der Waals surface area contributed by atoms with Crippen molar-refractivity contribution >= 4 is 17.2 Å². The predicted molar refractivity (Wildman–Crippen MR) is 77.3 cm³/mol. The van der Waals surface area contributed by atoms with Crippen LogP contribution in [0.1, 0.15) is 22.5 Å². The average Bonchev–Trinajstić information content (AvgIpc) is 2.85. The Balaban J connectivity index is 1.69. The average molecular weight is 291 g/mol. The molecule has 7 heteroatoms. The van der Waals surface area contributed by atoms with Crippen molar-refractivity contribution in [3.05, 3.63) is 34.2 Å². The van der Waals surface area contributed by atoms with Gasteiger partial charge >= 0.3 is 0 Å². The molecule has 0 bridgehead atoms. The summed E-state index contributed by atoms with van der Waals surface area (Å²) in [5.74, 6) is 0.448. The van der Waals surface area contributed by atoms with Crippen LogP contribution in [0.5, 0.6) is 0 Å². The highest BCUT2D eigenvalue weighted by atomic mass is 32.1. The molecule has 1 atom stereocenters. The van der Waals surface area contributed by atoms with Gasteiger partial charge in [0, 0.05) is 37.4 Å². The molecule has 0 aliphatic carbocycles. The molecule has 1 saturated heterocycles. The fourth-order valence-corrected chi connectivity index (χ4v) is 2.93. The van der Waals surface area contributed by atoms with E-state index in [4.69, 9.17) is 10.5 Å². The minimum absolute atomic E-state index is 0.114. The molecule has 0 saturated carbocycles. The van der Waals surface area contributed by atoms with Crippen LogP contribution in [0.4, 0.5) is 5.82 Å². The van der Waals surface area contributed by atoms with E-state index < -0.39 is 0 Å². The monoisotopic (exact) mass is 291 g/mol. The van der Waals surface area contributed by atoms with E-state index in [-0.39, 0.29) is 6.10 Å². The summed E-state index contributed by atoms with van der Waals surface area (Å²) in [6.07, 6.45) is 3.13. The summed E-state index contributed by atoms with van der Waals surface area (Å²) >= 11 is 1.68. The molecule has 1 fully saturated rings. The minimum Gasteiger partial charge on any atom is -0.382 e. The van der Waals surface area contributed by atoms with Crippen LogP contribution >= 0.6 is 11.3 Å². The quantitative estimate of drug-likeness (QED) is 0.921. The lowest BCUT2D eigenvalue weighted by molar-refractivity contribution is -0.0350. The smallest absolute Gasteiger partial charge is 0.147 e. The number of ether oxygens (including phenoxy) is 1. The van der Waals surface area contributed by atoms with Crippen LogP contribution < -0.4 is 5.73 Å². The third-order valence-electron chi connectivity index (χ3n) is 3.26. The molecule has 0 radical (unpaired) electrons. The number of hydrogen-bond donors (Lipinski definition) is 1. The molecule has 1 aliphatic heterocycles. The molecule has 1 unspecified atom stereocenters. The summed E-state index contributed by atoms with van der Waals surface area (Å²) in [7, 11) is 0. The van der Waals surface area contributed by atoms with Crippen molar-refractivity contribution in [1.29, 1.82) is 0 Å². The van der Waals surface area contributed by atoms with Crippen LogP contribution in [0.3, 0.4) is 0 Å². The molecule has 3 heterocycles. The maximum absolute atomic E-state index is 5.87. The van der Waals surface area contributed by atoms with Gasteiger partial charge in [0.2, 0.25) is 0 Å². The second kappa shape index (κ2) is 5.82. The standard InChI is InChI=1S/C13H17N5OS/c1-9-17-10(8-20-9)6-18-4-5-19-11(7-18)12-13(14)16-3-2-15-12/h2-3,8,11H,4-7H2,1H3,(H2,14,16). The fraction of sp³-hybridized carbons (Fsp3) is 0.462. The third-order valence-corrected chi connectivity index (χ3v) is 4.09. The Bertz CT molecular complexity index is 588. The third kappa shape index (κ3) is 2.95. The van der Waals surface area contributed by atoms with Gasteiger partial charge in [-0.2, -0.15) is 0 Å². The Morgan fingerprint density at radius 1 is 1.45 bits per heavy atom. The first-order chi connectivity index (χ1) is 9.72. The van der Waals surface area contributed by atoms with E-state index in [2.05, 4.69) is 25.2 Å². The predicted octanol–water partition coefficient (Wildman–Crippen LogP) is 1.40. The molecule has 0 spiro atoms. The van der Waals surface area contributed by atoms with Gasteiger partial charge in [-0.05, 0) is 6.92 Å². The maximum atomic E-state index is 5.87. The lowest BCUT2D eigenvalue weighted by atomic mass is 10.2.